The summed E-state index contributed by atoms with van der Waals surface area (Å²) in [5, 5.41) is 5.41. The lowest BCUT2D eigenvalue weighted by Gasteiger charge is -2.13. The Hall–Kier alpha value is -3.12. The normalized spacial score (nSPS) is 10.3. The smallest absolute Gasteiger partial charge is 0.259 e. The van der Waals surface area contributed by atoms with Gasteiger partial charge in [0.15, 0.2) is 0 Å². The number of hydrogen-bond acceptors (Lipinski definition) is 3. The first-order valence-electron chi connectivity index (χ1n) is 9.16. The van der Waals surface area contributed by atoms with Crippen LogP contribution in [0.25, 0.3) is 0 Å². The molecule has 0 heterocycles. The van der Waals surface area contributed by atoms with Crippen molar-refractivity contribution >= 4 is 33.4 Å². The van der Waals surface area contributed by atoms with Gasteiger partial charge >= 0.3 is 0 Å². The third-order valence-corrected chi connectivity index (χ3v) is 4.80. The molecule has 0 spiro atoms. The molecule has 0 radical (unpaired) electrons. The Morgan fingerprint density at radius 2 is 1.66 bits per heavy atom. The Labute approximate surface area is 178 Å². The summed E-state index contributed by atoms with van der Waals surface area (Å²) in [6.45, 7) is 0.465. The SMILES string of the molecule is CNC(=O)c1ccc(NC(=O)c2cc(Br)ccc2OCCc2ccccc2)cc1. The number of rotatable bonds is 7. The van der Waals surface area contributed by atoms with Crippen LogP contribution in [0.5, 0.6) is 5.75 Å². The zero-order valence-corrected chi connectivity index (χ0v) is 17.5. The minimum Gasteiger partial charge on any atom is -0.492 e. The van der Waals surface area contributed by atoms with Gasteiger partial charge in [-0.2, -0.15) is 0 Å². The molecule has 0 aliphatic rings. The molecule has 0 unspecified atom stereocenters. The van der Waals surface area contributed by atoms with Crippen LogP contribution in [-0.4, -0.2) is 25.5 Å². The molecule has 5 nitrogen and oxygen atoms in total. The summed E-state index contributed by atoms with van der Waals surface area (Å²) in [7, 11) is 1.57. The molecule has 0 saturated carbocycles. The lowest BCUT2D eigenvalue weighted by Crippen LogP contribution is -2.18. The summed E-state index contributed by atoms with van der Waals surface area (Å²) in [5.41, 5.74) is 2.73. The molecule has 0 aliphatic heterocycles. The minimum atomic E-state index is -0.284. The number of amides is 2. The highest BCUT2D eigenvalue weighted by atomic mass is 79.9. The second-order valence-corrected chi connectivity index (χ2v) is 7.25. The van der Waals surface area contributed by atoms with Crippen LogP contribution in [0.2, 0.25) is 0 Å². The maximum absolute atomic E-state index is 12.8. The van der Waals surface area contributed by atoms with Crippen molar-refractivity contribution in [2.45, 2.75) is 6.42 Å². The van der Waals surface area contributed by atoms with Gasteiger partial charge in [0.2, 0.25) is 0 Å². The third kappa shape index (κ3) is 5.68. The van der Waals surface area contributed by atoms with Crippen molar-refractivity contribution in [2.24, 2.45) is 0 Å². The number of carbonyl (C=O) groups is 2. The molecule has 148 valence electrons. The summed E-state index contributed by atoms with van der Waals surface area (Å²) in [6, 6.07) is 22.1. The van der Waals surface area contributed by atoms with Crippen molar-refractivity contribution in [1.29, 1.82) is 0 Å². The van der Waals surface area contributed by atoms with E-state index in [1.165, 1.54) is 5.56 Å². The van der Waals surface area contributed by atoms with Crippen molar-refractivity contribution in [3.05, 3.63) is 94.0 Å². The number of benzene rings is 3. The Kier molecular flexibility index (Phi) is 7.03. The van der Waals surface area contributed by atoms with Gasteiger partial charge in [0.05, 0.1) is 12.2 Å². The molecular formula is C23H21BrN2O3. The number of ether oxygens (including phenoxy) is 1. The van der Waals surface area contributed by atoms with Crippen molar-refractivity contribution < 1.29 is 14.3 Å². The summed E-state index contributed by atoms with van der Waals surface area (Å²) in [4.78, 5) is 24.4. The lowest BCUT2D eigenvalue weighted by molar-refractivity contribution is 0.0962. The average molecular weight is 453 g/mol. The summed E-state index contributed by atoms with van der Waals surface area (Å²) in [5.74, 6) is 0.0567. The molecule has 0 saturated heterocycles. The zero-order chi connectivity index (χ0) is 20.6. The average Bonchev–Trinajstić information content (AvgIpc) is 2.75. The van der Waals surface area contributed by atoms with Crippen LogP contribution in [0.4, 0.5) is 5.69 Å². The fourth-order valence-electron chi connectivity index (χ4n) is 2.78. The van der Waals surface area contributed by atoms with Gasteiger partial charge in [-0.05, 0) is 48.0 Å². The summed E-state index contributed by atoms with van der Waals surface area (Å²) in [6.07, 6.45) is 0.749. The van der Waals surface area contributed by atoms with Crippen LogP contribution in [0, 0.1) is 0 Å². The maximum Gasteiger partial charge on any atom is 0.259 e. The Bertz CT molecular complexity index is 989. The van der Waals surface area contributed by atoms with Crippen molar-refractivity contribution in [3.8, 4) is 5.75 Å². The highest BCUT2D eigenvalue weighted by Crippen LogP contribution is 2.25. The molecule has 0 aromatic heterocycles. The lowest BCUT2D eigenvalue weighted by atomic mass is 10.1. The Balaban J connectivity index is 1.69. The molecule has 0 fully saturated rings. The van der Waals surface area contributed by atoms with E-state index in [9.17, 15) is 9.59 Å². The highest BCUT2D eigenvalue weighted by Gasteiger charge is 2.14. The number of halogens is 1. The quantitative estimate of drug-likeness (QED) is 0.546. The molecule has 3 rings (SSSR count). The second kappa shape index (κ2) is 9.89. The second-order valence-electron chi connectivity index (χ2n) is 6.34. The fraction of sp³-hybridized carbons (Fsp3) is 0.130. The Morgan fingerprint density at radius 3 is 2.34 bits per heavy atom. The molecule has 2 amide bonds. The van der Waals surface area contributed by atoms with Crippen molar-refractivity contribution in [3.63, 3.8) is 0 Å². The summed E-state index contributed by atoms with van der Waals surface area (Å²) >= 11 is 3.41. The van der Waals surface area contributed by atoms with Crippen LogP contribution in [-0.2, 0) is 6.42 Å². The van der Waals surface area contributed by atoms with E-state index in [-0.39, 0.29) is 11.8 Å². The first-order chi connectivity index (χ1) is 14.1. The van der Waals surface area contributed by atoms with Crippen LogP contribution < -0.4 is 15.4 Å². The zero-order valence-electron chi connectivity index (χ0n) is 15.9. The molecule has 0 bridgehead atoms. The number of anilines is 1. The topological polar surface area (TPSA) is 67.4 Å². The van der Waals surface area contributed by atoms with Gasteiger partial charge in [-0.1, -0.05) is 46.3 Å². The van der Waals surface area contributed by atoms with Crippen LogP contribution in [0.3, 0.4) is 0 Å². The van der Waals surface area contributed by atoms with E-state index in [4.69, 9.17) is 4.74 Å². The monoisotopic (exact) mass is 452 g/mol. The largest absolute Gasteiger partial charge is 0.492 e. The molecular weight excluding hydrogens is 432 g/mol. The van der Waals surface area contributed by atoms with E-state index in [1.54, 1.807) is 43.4 Å². The van der Waals surface area contributed by atoms with Crippen LogP contribution >= 0.6 is 15.9 Å². The molecule has 0 atom stereocenters. The van der Waals surface area contributed by atoms with Crippen molar-refractivity contribution in [2.75, 3.05) is 19.0 Å². The molecule has 2 N–H and O–H groups in total. The van der Waals surface area contributed by atoms with E-state index >= 15 is 0 Å². The highest BCUT2D eigenvalue weighted by molar-refractivity contribution is 9.10. The van der Waals surface area contributed by atoms with E-state index in [0.29, 0.717) is 29.2 Å². The van der Waals surface area contributed by atoms with Crippen LogP contribution in [0.15, 0.2) is 77.3 Å². The first-order valence-corrected chi connectivity index (χ1v) is 9.96. The van der Waals surface area contributed by atoms with Gasteiger partial charge in [-0.15, -0.1) is 0 Å². The first kappa shape index (κ1) is 20.6. The minimum absolute atomic E-state index is 0.177. The predicted octanol–water partition coefficient (Wildman–Crippen LogP) is 4.68. The number of hydrogen-bond donors (Lipinski definition) is 2. The molecule has 0 aliphatic carbocycles. The van der Waals surface area contributed by atoms with Gasteiger partial charge in [0.1, 0.15) is 5.75 Å². The summed E-state index contributed by atoms with van der Waals surface area (Å²) < 4.78 is 6.67. The number of carbonyl (C=O) groups excluding carboxylic acids is 2. The standard InChI is InChI=1S/C23H21BrN2O3/c1-25-22(27)17-7-10-19(11-8-17)26-23(28)20-15-18(24)9-12-21(20)29-14-13-16-5-3-2-4-6-16/h2-12,15H,13-14H2,1H3,(H,25,27)(H,26,28). The third-order valence-electron chi connectivity index (χ3n) is 4.31. The van der Waals surface area contributed by atoms with Gasteiger partial charge in [-0.3, -0.25) is 9.59 Å². The van der Waals surface area contributed by atoms with E-state index in [2.05, 4.69) is 26.6 Å². The molecule has 29 heavy (non-hydrogen) atoms. The van der Waals surface area contributed by atoms with Gasteiger partial charge in [-0.25, -0.2) is 0 Å². The van der Waals surface area contributed by atoms with E-state index in [1.807, 2.05) is 36.4 Å². The van der Waals surface area contributed by atoms with E-state index < -0.39 is 0 Å². The molecule has 3 aromatic rings. The van der Waals surface area contributed by atoms with Crippen LogP contribution in [0.1, 0.15) is 26.3 Å². The van der Waals surface area contributed by atoms with Gasteiger partial charge in [0.25, 0.3) is 11.8 Å². The van der Waals surface area contributed by atoms with E-state index in [0.717, 1.165) is 10.9 Å². The Morgan fingerprint density at radius 1 is 0.931 bits per heavy atom. The van der Waals surface area contributed by atoms with Gasteiger partial charge in [0, 0.05) is 29.2 Å². The number of nitrogens with one attached hydrogen (secondary N) is 2. The molecule has 6 heteroatoms. The molecule has 3 aromatic carbocycles. The fourth-order valence-corrected chi connectivity index (χ4v) is 3.14. The maximum atomic E-state index is 12.8. The van der Waals surface area contributed by atoms with Crippen molar-refractivity contribution in [1.82, 2.24) is 5.32 Å². The predicted molar refractivity (Wildman–Crippen MR) is 118 cm³/mol. The van der Waals surface area contributed by atoms with Gasteiger partial charge < -0.3 is 15.4 Å².